The summed E-state index contributed by atoms with van der Waals surface area (Å²) in [5, 5.41) is 12.0. The van der Waals surface area contributed by atoms with Gasteiger partial charge in [0, 0.05) is 4.88 Å². The third-order valence-electron chi connectivity index (χ3n) is 5.17. The molecular weight excluding hydrogens is 402 g/mol. The number of nitrogens with two attached hydrogens (primary N) is 1. The molecular formula is C20H19N7O2S. The highest BCUT2D eigenvalue weighted by Crippen LogP contribution is 2.37. The molecule has 0 saturated carbocycles. The number of thiophene rings is 1. The average Bonchev–Trinajstić information content (AvgIpc) is 3.35. The molecule has 0 fully saturated rings. The zero-order chi connectivity index (χ0) is 20.5. The van der Waals surface area contributed by atoms with E-state index in [0.29, 0.717) is 22.9 Å². The molecule has 30 heavy (non-hydrogen) atoms. The average molecular weight is 421 g/mol. The SMILES string of the molecule is Nc1nc(COC(=O)c2cccc(-n3cnnn3)c2)nc2sc3c(c12)CCCCC3. The summed E-state index contributed by atoms with van der Waals surface area (Å²) in [6.45, 7) is -0.0450. The molecule has 4 aromatic rings. The van der Waals surface area contributed by atoms with E-state index in [4.69, 9.17) is 10.5 Å². The Labute approximate surface area is 175 Å². The summed E-state index contributed by atoms with van der Waals surface area (Å²) in [6.07, 6.45) is 7.15. The Morgan fingerprint density at radius 1 is 1.20 bits per heavy atom. The third kappa shape index (κ3) is 3.50. The normalized spacial score (nSPS) is 13.7. The van der Waals surface area contributed by atoms with E-state index in [1.54, 1.807) is 35.6 Å². The van der Waals surface area contributed by atoms with Gasteiger partial charge >= 0.3 is 5.97 Å². The number of tetrazole rings is 1. The first-order valence-corrected chi connectivity index (χ1v) is 10.6. The van der Waals surface area contributed by atoms with E-state index in [2.05, 4.69) is 25.5 Å². The molecule has 0 unspecified atom stereocenters. The van der Waals surface area contributed by atoms with Gasteiger partial charge in [0.05, 0.1) is 16.6 Å². The summed E-state index contributed by atoms with van der Waals surface area (Å²) in [5.41, 5.74) is 8.61. The van der Waals surface area contributed by atoms with E-state index < -0.39 is 5.97 Å². The van der Waals surface area contributed by atoms with Gasteiger partial charge < -0.3 is 10.5 Å². The molecule has 3 heterocycles. The highest BCUT2D eigenvalue weighted by Gasteiger charge is 2.20. The van der Waals surface area contributed by atoms with Gasteiger partial charge in [0.15, 0.2) is 12.4 Å². The number of aromatic nitrogens is 6. The lowest BCUT2D eigenvalue weighted by atomic mass is 10.1. The summed E-state index contributed by atoms with van der Waals surface area (Å²) >= 11 is 1.68. The second-order valence-electron chi connectivity index (χ2n) is 7.15. The molecule has 0 atom stereocenters. The Morgan fingerprint density at radius 3 is 2.97 bits per heavy atom. The Kier molecular flexibility index (Phi) is 4.83. The van der Waals surface area contributed by atoms with Crippen LogP contribution in [0.4, 0.5) is 5.82 Å². The lowest BCUT2D eigenvalue weighted by Gasteiger charge is -2.07. The van der Waals surface area contributed by atoms with E-state index in [1.165, 1.54) is 40.7 Å². The van der Waals surface area contributed by atoms with Crippen LogP contribution < -0.4 is 5.73 Å². The van der Waals surface area contributed by atoms with E-state index >= 15 is 0 Å². The number of benzene rings is 1. The maximum absolute atomic E-state index is 12.5. The number of hydrogen-bond donors (Lipinski definition) is 1. The molecule has 152 valence electrons. The predicted molar refractivity (Wildman–Crippen MR) is 111 cm³/mol. The molecule has 0 aliphatic heterocycles. The van der Waals surface area contributed by atoms with Gasteiger partial charge in [-0.1, -0.05) is 12.5 Å². The Balaban J connectivity index is 1.35. The summed E-state index contributed by atoms with van der Waals surface area (Å²) in [7, 11) is 0. The van der Waals surface area contributed by atoms with E-state index in [0.717, 1.165) is 23.1 Å². The number of nitrogens with zero attached hydrogens (tertiary/aromatic N) is 6. The van der Waals surface area contributed by atoms with Crippen LogP contribution in [0.5, 0.6) is 0 Å². The van der Waals surface area contributed by atoms with Crippen molar-refractivity contribution in [1.82, 2.24) is 30.2 Å². The minimum Gasteiger partial charge on any atom is -0.454 e. The molecule has 9 nitrogen and oxygen atoms in total. The van der Waals surface area contributed by atoms with Gasteiger partial charge in [-0.2, -0.15) is 0 Å². The second-order valence-corrected chi connectivity index (χ2v) is 8.23. The van der Waals surface area contributed by atoms with Crippen LogP contribution in [-0.2, 0) is 24.2 Å². The van der Waals surface area contributed by atoms with Crippen LogP contribution >= 0.6 is 11.3 Å². The van der Waals surface area contributed by atoms with Crippen LogP contribution in [-0.4, -0.2) is 36.1 Å². The van der Waals surface area contributed by atoms with Gasteiger partial charge in [0.1, 0.15) is 17.0 Å². The Bertz CT molecular complexity index is 1220. The minimum atomic E-state index is -0.478. The topological polar surface area (TPSA) is 122 Å². The molecule has 0 saturated heterocycles. The number of esters is 1. The number of hydrogen-bond acceptors (Lipinski definition) is 9. The van der Waals surface area contributed by atoms with Crippen molar-refractivity contribution in [2.75, 3.05) is 5.73 Å². The second kappa shape index (κ2) is 7.79. The molecule has 3 aromatic heterocycles. The minimum absolute atomic E-state index is 0.0450. The first-order chi connectivity index (χ1) is 14.7. The van der Waals surface area contributed by atoms with Crippen molar-refractivity contribution in [2.45, 2.75) is 38.7 Å². The number of aryl methyl sites for hydroxylation is 2. The molecule has 0 bridgehead atoms. The van der Waals surface area contributed by atoms with E-state index in [9.17, 15) is 4.79 Å². The van der Waals surface area contributed by atoms with Crippen molar-refractivity contribution in [3.63, 3.8) is 0 Å². The van der Waals surface area contributed by atoms with Gasteiger partial charge in [-0.15, -0.1) is 16.4 Å². The Hall–Kier alpha value is -3.40. The van der Waals surface area contributed by atoms with Crippen LogP contribution in [0.3, 0.4) is 0 Å². The number of rotatable bonds is 4. The standard InChI is InChI=1S/C20H19N7O2S/c21-18-17-14-7-2-1-3-8-15(14)30-19(17)24-16(23-18)10-29-20(28)12-5-4-6-13(9-12)27-11-22-25-26-27/h4-6,9,11H,1-3,7-8,10H2,(H2,21,23,24). The summed E-state index contributed by atoms with van der Waals surface area (Å²) in [4.78, 5) is 23.8. The zero-order valence-corrected chi connectivity index (χ0v) is 16.9. The van der Waals surface area contributed by atoms with Crippen molar-refractivity contribution in [2.24, 2.45) is 0 Å². The van der Waals surface area contributed by atoms with Crippen molar-refractivity contribution in [1.29, 1.82) is 0 Å². The summed E-state index contributed by atoms with van der Waals surface area (Å²) in [5.74, 6) is 0.390. The van der Waals surface area contributed by atoms with Crippen LogP contribution in [0.25, 0.3) is 15.9 Å². The molecule has 2 N–H and O–H groups in total. The van der Waals surface area contributed by atoms with Gasteiger partial charge in [0.2, 0.25) is 0 Å². The molecule has 5 rings (SSSR count). The molecule has 0 radical (unpaired) electrons. The molecule has 1 aliphatic rings. The summed E-state index contributed by atoms with van der Waals surface area (Å²) in [6, 6.07) is 6.87. The fourth-order valence-electron chi connectivity index (χ4n) is 3.74. The number of ether oxygens (including phenoxy) is 1. The van der Waals surface area contributed by atoms with E-state index in [-0.39, 0.29) is 6.61 Å². The largest absolute Gasteiger partial charge is 0.454 e. The van der Waals surface area contributed by atoms with Crippen molar-refractivity contribution in [3.05, 3.63) is 52.4 Å². The number of nitrogen functional groups attached to an aromatic ring is 1. The highest BCUT2D eigenvalue weighted by molar-refractivity contribution is 7.19. The number of anilines is 1. The highest BCUT2D eigenvalue weighted by atomic mass is 32.1. The lowest BCUT2D eigenvalue weighted by molar-refractivity contribution is 0.0462. The lowest BCUT2D eigenvalue weighted by Crippen LogP contribution is -2.09. The Morgan fingerprint density at radius 2 is 2.10 bits per heavy atom. The predicted octanol–water partition coefficient (Wildman–Crippen LogP) is 2.88. The number of carbonyl (C=O) groups excluding carboxylic acids is 1. The van der Waals surface area contributed by atoms with Gasteiger partial charge in [-0.05, 0) is 59.9 Å². The smallest absolute Gasteiger partial charge is 0.338 e. The maximum atomic E-state index is 12.5. The fraction of sp³-hybridized carbons (Fsp3) is 0.300. The quantitative estimate of drug-likeness (QED) is 0.394. The first-order valence-electron chi connectivity index (χ1n) is 9.76. The van der Waals surface area contributed by atoms with E-state index in [1.807, 2.05) is 0 Å². The van der Waals surface area contributed by atoms with Crippen molar-refractivity contribution < 1.29 is 9.53 Å². The van der Waals surface area contributed by atoms with Crippen LogP contribution in [0, 0.1) is 0 Å². The monoisotopic (exact) mass is 421 g/mol. The molecule has 1 aliphatic carbocycles. The van der Waals surface area contributed by atoms with Crippen molar-refractivity contribution >= 4 is 33.3 Å². The van der Waals surface area contributed by atoms with Gasteiger partial charge in [0.25, 0.3) is 0 Å². The first kappa shape index (κ1) is 18.6. The van der Waals surface area contributed by atoms with Crippen molar-refractivity contribution in [3.8, 4) is 5.69 Å². The van der Waals surface area contributed by atoms with Gasteiger partial charge in [-0.3, -0.25) is 0 Å². The van der Waals surface area contributed by atoms with Crippen LogP contribution in [0.1, 0.15) is 45.9 Å². The summed E-state index contributed by atoms with van der Waals surface area (Å²) < 4.78 is 6.90. The fourth-order valence-corrected chi connectivity index (χ4v) is 5.03. The third-order valence-corrected chi connectivity index (χ3v) is 6.35. The maximum Gasteiger partial charge on any atom is 0.338 e. The molecule has 0 spiro atoms. The van der Waals surface area contributed by atoms with Crippen LogP contribution in [0.15, 0.2) is 30.6 Å². The van der Waals surface area contributed by atoms with Gasteiger partial charge in [-0.25, -0.2) is 19.4 Å². The zero-order valence-electron chi connectivity index (χ0n) is 16.1. The number of fused-ring (bicyclic) bond motifs is 3. The van der Waals surface area contributed by atoms with Crippen LogP contribution in [0.2, 0.25) is 0 Å². The molecule has 0 amide bonds. The molecule has 1 aromatic carbocycles. The number of carbonyl (C=O) groups is 1. The molecule has 10 heteroatoms.